The number of fused-ring (bicyclic) bond motifs is 1. The van der Waals surface area contributed by atoms with E-state index in [4.69, 9.17) is 14.2 Å². The van der Waals surface area contributed by atoms with Gasteiger partial charge in [0.05, 0.1) is 12.8 Å². The lowest BCUT2D eigenvalue weighted by atomic mass is 10.1. The van der Waals surface area contributed by atoms with Gasteiger partial charge in [0.15, 0.2) is 11.5 Å². The molecule has 0 aromatic heterocycles. The molecule has 1 unspecified atom stereocenters. The van der Waals surface area contributed by atoms with Crippen LogP contribution in [0, 0.1) is 6.92 Å². The fraction of sp³-hybridized carbons (Fsp3) is 0.316. The Morgan fingerprint density at radius 2 is 2.00 bits per heavy atom. The maximum Gasteiger partial charge on any atom is 0.242 e. The second-order valence-corrected chi connectivity index (χ2v) is 5.98. The van der Waals surface area contributed by atoms with Crippen molar-refractivity contribution in [3.8, 4) is 17.2 Å². The number of anilines is 1. The average molecular weight is 342 g/mol. The summed E-state index contributed by atoms with van der Waals surface area (Å²) in [6, 6.07) is 11.1. The SMILES string of the molecule is COc1ccc(C)cc1NC(C)C(=O)NCc1ccc2c(c1)OCO2. The number of benzene rings is 2. The van der Waals surface area contributed by atoms with Gasteiger partial charge in [0, 0.05) is 6.54 Å². The number of ether oxygens (including phenoxy) is 3. The van der Waals surface area contributed by atoms with Crippen molar-refractivity contribution in [1.82, 2.24) is 5.32 Å². The van der Waals surface area contributed by atoms with Crippen LogP contribution in [0.5, 0.6) is 17.2 Å². The number of methoxy groups -OCH3 is 1. The van der Waals surface area contributed by atoms with E-state index in [1.165, 1.54) is 0 Å². The smallest absolute Gasteiger partial charge is 0.242 e. The Bertz CT molecular complexity index is 776. The molecule has 132 valence electrons. The number of amides is 1. The first-order valence-electron chi connectivity index (χ1n) is 8.14. The van der Waals surface area contributed by atoms with Gasteiger partial charge in [-0.15, -0.1) is 0 Å². The molecular formula is C19H22N2O4. The van der Waals surface area contributed by atoms with Crippen LogP contribution in [0.3, 0.4) is 0 Å². The van der Waals surface area contributed by atoms with Crippen molar-refractivity contribution >= 4 is 11.6 Å². The molecule has 2 aromatic rings. The summed E-state index contributed by atoms with van der Waals surface area (Å²) in [7, 11) is 1.61. The highest BCUT2D eigenvalue weighted by molar-refractivity contribution is 5.84. The van der Waals surface area contributed by atoms with E-state index in [1.807, 2.05) is 50.2 Å². The molecule has 1 aliphatic rings. The molecule has 0 saturated carbocycles. The molecule has 25 heavy (non-hydrogen) atoms. The van der Waals surface area contributed by atoms with Crippen LogP contribution in [0.25, 0.3) is 0 Å². The zero-order chi connectivity index (χ0) is 17.8. The number of rotatable bonds is 6. The lowest BCUT2D eigenvalue weighted by Crippen LogP contribution is -2.37. The molecule has 0 fully saturated rings. The van der Waals surface area contributed by atoms with E-state index in [2.05, 4.69) is 10.6 Å². The van der Waals surface area contributed by atoms with Gasteiger partial charge < -0.3 is 24.8 Å². The van der Waals surface area contributed by atoms with E-state index in [1.54, 1.807) is 7.11 Å². The largest absolute Gasteiger partial charge is 0.495 e. The topological polar surface area (TPSA) is 68.8 Å². The molecule has 1 amide bonds. The lowest BCUT2D eigenvalue weighted by Gasteiger charge is -2.18. The van der Waals surface area contributed by atoms with Crippen LogP contribution < -0.4 is 24.8 Å². The van der Waals surface area contributed by atoms with E-state index in [0.29, 0.717) is 18.0 Å². The Morgan fingerprint density at radius 1 is 1.20 bits per heavy atom. The highest BCUT2D eigenvalue weighted by Gasteiger charge is 2.16. The summed E-state index contributed by atoms with van der Waals surface area (Å²) in [5, 5.41) is 6.12. The molecule has 6 nitrogen and oxygen atoms in total. The van der Waals surface area contributed by atoms with Gasteiger partial charge in [-0.2, -0.15) is 0 Å². The summed E-state index contributed by atoms with van der Waals surface area (Å²) in [5.41, 5.74) is 2.85. The van der Waals surface area contributed by atoms with E-state index in [9.17, 15) is 4.79 Å². The van der Waals surface area contributed by atoms with Crippen molar-refractivity contribution in [3.63, 3.8) is 0 Å². The number of hydrogen-bond acceptors (Lipinski definition) is 5. The van der Waals surface area contributed by atoms with Crippen LogP contribution >= 0.6 is 0 Å². The average Bonchev–Trinajstić information content (AvgIpc) is 3.07. The van der Waals surface area contributed by atoms with Gasteiger partial charge >= 0.3 is 0 Å². The van der Waals surface area contributed by atoms with Gasteiger partial charge in [0.2, 0.25) is 12.7 Å². The quantitative estimate of drug-likeness (QED) is 0.845. The highest BCUT2D eigenvalue weighted by atomic mass is 16.7. The Kier molecular flexibility index (Phi) is 4.97. The minimum absolute atomic E-state index is 0.0961. The fourth-order valence-corrected chi connectivity index (χ4v) is 2.63. The van der Waals surface area contributed by atoms with Gasteiger partial charge in [-0.3, -0.25) is 4.79 Å². The van der Waals surface area contributed by atoms with Crippen LogP contribution in [0.2, 0.25) is 0 Å². The number of aryl methyl sites for hydroxylation is 1. The number of carbonyl (C=O) groups is 1. The number of hydrogen-bond donors (Lipinski definition) is 2. The first-order valence-corrected chi connectivity index (χ1v) is 8.14. The molecule has 0 radical (unpaired) electrons. The normalized spacial score (nSPS) is 13.2. The summed E-state index contributed by atoms with van der Waals surface area (Å²) < 4.78 is 16.0. The molecule has 3 rings (SSSR count). The molecule has 1 aliphatic heterocycles. The van der Waals surface area contributed by atoms with Crippen LogP contribution in [-0.2, 0) is 11.3 Å². The third kappa shape index (κ3) is 3.96. The molecule has 6 heteroatoms. The Balaban J connectivity index is 1.59. The van der Waals surface area contributed by atoms with Gasteiger partial charge in [-0.25, -0.2) is 0 Å². The first kappa shape index (κ1) is 17.0. The van der Waals surface area contributed by atoms with Gasteiger partial charge in [0.1, 0.15) is 11.8 Å². The molecule has 1 heterocycles. The van der Waals surface area contributed by atoms with Crippen molar-refractivity contribution in [3.05, 3.63) is 47.5 Å². The van der Waals surface area contributed by atoms with Crippen molar-refractivity contribution in [2.45, 2.75) is 26.4 Å². The van der Waals surface area contributed by atoms with Crippen LogP contribution in [-0.4, -0.2) is 25.9 Å². The van der Waals surface area contributed by atoms with Crippen LogP contribution in [0.4, 0.5) is 5.69 Å². The maximum atomic E-state index is 12.4. The van der Waals surface area contributed by atoms with Crippen molar-refractivity contribution in [2.75, 3.05) is 19.2 Å². The third-order valence-electron chi connectivity index (χ3n) is 4.02. The molecule has 2 N–H and O–H groups in total. The number of carbonyl (C=O) groups excluding carboxylic acids is 1. The summed E-state index contributed by atoms with van der Waals surface area (Å²) in [6.45, 7) is 4.47. The Morgan fingerprint density at radius 3 is 2.80 bits per heavy atom. The van der Waals surface area contributed by atoms with Crippen molar-refractivity contribution < 1.29 is 19.0 Å². The Labute approximate surface area is 147 Å². The van der Waals surface area contributed by atoms with E-state index < -0.39 is 6.04 Å². The second kappa shape index (κ2) is 7.34. The molecular weight excluding hydrogens is 320 g/mol. The van der Waals surface area contributed by atoms with Crippen LogP contribution in [0.15, 0.2) is 36.4 Å². The minimum atomic E-state index is -0.398. The third-order valence-corrected chi connectivity index (χ3v) is 4.02. The van der Waals surface area contributed by atoms with E-state index in [0.717, 1.165) is 22.6 Å². The monoisotopic (exact) mass is 342 g/mol. The van der Waals surface area contributed by atoms with Gasteiger partial charge in [-0.1, -0.05) is 12.1 Å². The minimum Gasteiger partial charge on any atom is -0.495 e. The zero-order valence-corrected chi connectivity index (χ0v) is 14.6. The summed E-state index contributed by atoms with van der Waals surface area (Å²) in [5.74, 6) is 2.06. The lowest BCUT2D eigenvalue weighted by molar-refractivity contribution is -0.121. The first-order chi connectivity index (χ1) is 12.1. The molecule has 1 atom stereocenters. The van der Waals surface area contributed by atoms with Gasteiger partial charge in [-0.05, 0) is 49.2 Å². The molecule has 2 aromatic carbocycles. The highest BCUT2D eigenvalue weighted by Crippen LogP contribution is 2.32. The van der Waals surface area contributed by atoms with Crippen LogP contribution in [0.1, 0.15) is 18.1 Å². The molecule has 0 saturated heterocycles. The Hall–Kier alpha value is -2.89. The van der Waals surface area contributed by atoms with Gasteiger partial charge in [0.25, 0.3) is 0 Å². The summed E-state index contributed by atoms with van der Waals surface area (Å²) >= 11 is 0. The summed E-state index contributed by atoms with van der Waals surface area (Å²) in [4.78, 5) is 12.4. The predicted molar refractivity (Wildman–Crippen MR) is 95.2 cm³/mol. The summed E-state index contributed by atoms with van der Waals surface area (Å²) in [6.07, 6.45) is 0. The standard InChI is InChI=1S/C19H22N2O4/c1-12-4-6-16(23-3)15(8-12)21-13(2)19(22)20-10-14-5-7-17-18(9-14)25-11-24-17/h4-9,13,21H,10-11H2,1-3H3,(H,20,22). The van der Waals surface area contributed by atoms with E-state index >= 15 is 0 Å². The van der Waals surface area contributed by atoms with Crippen molar-refractivity contribution in [1.29, 1.82) is 0 Å². The molecule has 0 aliphatic carbocycles. The predicted octanol–water partition coefficient (Wildman–Crippen LogP) is 2.85. The fourth-order valence-electron chi connectivity index (χ4n) is 2.63. The number of nitrogens with one attached hydrogen (secondary N) is 2. The maximum absolute atomic E-state index is 12.4. The second-order valence-electron chi connectivity index (χ2n) is 5.98. The van der Waals surface area contributed by atoms with Crippen molar-refractivity contribution in [2.24, 2.45) is 0 Å². The molecule has 0 bridgehead atoms. The van der Waals surface area contributed by atoms with E-state index in [-0.39, 0.29) is 12.7 Å². The zero-order valence-electron chi connectivity index (χ0n) is 14.6. The molecule has 0 spiro atoms.